The lowest BCUT2D eigenvalue weighted by molar-refractivity contribution is -0.129. The van der Waals surface area contributed by atoms with Gasteiger partial charge in [0.25, 0.3) is 5.91 Å². The van der Waals surface area contributed by atoms with Crippen molar-refractivity contribution in [2.24, 2.45) is 0 Å². The monoisotopic (exact) mass is 299 g/mol. The molecule has 0 aromatic heterocycles. The minimum absolute atomic E-state index is 0.146. The fourth-order valence-corrected chi connectivity index (χ4v) is 1.66. The minimum atomic E-state index is -3.05. The van der Waals surface area contributed by atoms with Crippen LogP contribution >= 0.6 is 0 Å². The Labute approximate surface area is 120 Å². The van der Waals surface area contributed by atoms with Gasteiger partial charge in [-0.05, 0) is 31.9 Å². The first-order chi connectivity index (χ1) is 9.97. The van der Waals surface area contributed by atoms with Crippen molar-refractivity contribution in [1.82, 2.24) is 5.32 Å². The number of carbonyl (C=O) groups excluding carboxylic acids is 2. The maximum absolute atomic E-state index is 12.3. The number of nitrogens with one attached hydrogen (secondary N) is 1. The summed E-state index contributed by atoms with van der Waals surface area (Å²) in [6.45, 7) is -1.62. The lowest BCUT2D eigenvalue weighted by Gasteiger charge is -2.15. The number of hydrogen-bond acceptors (Lipinski definition) is 4. The summed E-state index contributed by atoms with van der Waals surface area (Å²) in [6, 6.07) is 5.62. The Hall–Kier alpha value is -2.18. The third-order valence-electron chi connectivity index (χ3n) is 2.90. The first-order valence-corrected chi connectivity index (χ1v) is 6.52. The van der Waals surface area contributed by atoms with Gasteiger partial charge >= 0.3 is 12.6 Å². The highest BCUT2D eigenvalue weighted by Gasteiger charge is 2.28. The lowest BCUT2D eigenvalue weighted by atomic mass is 10.2. The molecule has 0 aliphatic heterocycles. The molecule has 1 aliphatic rings. The highest BCUT2D eigenvalue weighted by Crippen LogP contribution is 2.22. The molecular weight excluding hydrogens is 284 g/mol. The SMILES string of the molecule is C[C@H](OC(=O)c1ccccc1OC(F)F)C(=O)NC1CC1. The number of para-hydroxylation sites is 1. The van der Waals surface area contributed by atoms with Crippen LogP contribution in [0, 0.1) is 0 Å². The molecular formula is C14H15F2NO4. The summed E-state index contributed by atoms with van der Waals surface area (Å²) < 4.78 is 33.8. The van der Waals surface area contributed by atoms with E-state index in [2.05, 4.69) is 10.1 Å². The zero-order valence-electron chi connectivity index (χ0n) is 11.3. The predicted octanol–water partition coefficient (Wildman–Crippen LogP) is 2.11. The second-order valence-corrected chi connectivity index (χ2v) is 4.71. The van der Waals surface area contributed by atoms with Crippen LogP contribution in [0.2, 0.25) is 0 Å². The topological polar surface area (TPSA) is 64.6 Å². The molecule has 0 heterocycles. The highest BCUT2D eigenvalue weighted by molar-refractivity contribution is 5.94. The van der Waals surface area contributed by atoms with E-state index < -0.39 is 24.6 Å². The molecule has 5 nitrogen and oxygen atoms in total. The van der Waals surface area contributed by atoms with Crippen molar-refractivity contribution in [1.29, 1.82) is 0 Å². The number of carbonyl (C=O) groups is 2. The Bertz CT molecular complexity index is 531. The van der Waals surface area contributed by atoms with Gasteiger partial charge in [-0.25, -0.2) is 4.79 Å². The number of esters is 1. The zero-order valence-corrected chi connectivity index (χ0v) is 11.3. The molecule has 2 rings (SSSR count). The molecule has 1 atom stereocenters. The molecule has 0 unspecified atom stereocenters. The van der Waals surface area contributed by atoms with Crippen LogP contribution in [0.15, 0.2) is 24.3 Å². The van der Waals surface area contributed by atoms with Gasteiger partial charge in [-0.2, -0.15) is 8.78 Å². The fraction of sp³-hybridized carbons (Fsp3) is 0.429. The summed E-state index contributed by atoms with van der Waals surface area (Å²) in [6.07, 6.45) is 0.826. The second-order valence-electron chi connectivity index (χ2n) is 4.71. The van der Waals surface area contributed by atoms with E-state index in [4.69, 9.17) is 4.74 Å². The number of benzene rings is 1. The fourth-order valence-electron chi connectivity index (χ4n) is 1.66. The van der Waals surface area contributed by atoms with Crippen molar-refractivity contribution in [3.05, 3.63) is 29.8 Å². The Morgan fingerprint density at radius 3 is 2.57 bits per heavy atom. The molecule has 1 aliphatic carbocycles. The summed E-state index contributed by atoms with van der Waals surface area (Å²) in [5.74, 6) is -1.57. The van der Waals surface area contributed by atoms with E-state index in [1.807, 2.05) is 0 Å². The number of alkyl halides is 2. The molecule has 0 radical (unpaired) electrons. The van der Waals surface area contributed by atoms with E-state index in [0.29, 0.717) is 0 Å². The van der Waals surface area contributed by atoms with Gasteiger partial charge in [0, 0.05) is 6.04 Å². The molecule has 0 spiro atoms. The first kappa shape index (κ1) is 15.2. The lowest BCUT2D eigenvalue weighted by Crippen LogP contribution is -2.37. The molecule has 0 bridgehead atoms. The van der Waals surface area contributed by atoms with E-state index in [0.717, 1.165) is 12.8 Å². The molecule has 1 N–H and O–H groups in total. The summed E-state index contributed by atoms with van der Waals surface area (Å²) in [5.41, 5.74) is -0.149. The third-order valence-corrected chi connectivity index (χ3v) is 2.90. The molecule has 21 heavy (non-hydrogen) atoms. The maximum atomic E-state index is 12.3. The minimum Gasteiger partial charge on any atom is -0.449 e. The summed E-state index contributed by atoms with van der Waals surface area (Å²) >= 11 is 0. The number of halogens is 2. The number of ether oxygens (including phenoxy) is 2. The molecule has 1 fully saturated rings. The standard InChI is InChI=1S/C14H15F2NO4/c1-8(12(18)17-9-6-7-9)20-13(19)10-4-2-3-5-11(10)21-14(15)16/h2-5,8-9,14H,6-7H2,1H3,(H,17,18)/t8-/m0/s1. The third kappa shape index (κ3) is 4.40. The summed E-state index contributed by atoms with van der Waals surface area (Å²) in [7, 11) is 0. The van der Waals surface area contributed by atoms with Gasteiger partial charge in [0.1, 0.15) is 11.3 Å². The van der Waals surface area contributed by atoms with E-state index in [1.165, 1.54) is 31.2 Å². The van der Waals surface area contributed by atoms with Gasteiger partial charge in [0.05, 0.1) is 0 Å². The van der Waals surface area contributed by atoms with Crippen molar-refractivity contribution < 1.29 is 27.8 Å². The van der Waals surface area contributed by atoms with Crippen molar-refractivity contribution in [2.75, 3.05) is 0 Å². The quantitative estimate of drug-likeness (QED) is 0.817. The average molecular weight is 299 g/mol. The van der Waals surface area contributed by atoms with Crippen LogP contribution in [-0.4, -0.2) is 30.6 Å². The largest absolute Gasteiger partial charge is 0.449 e. The second kappa shape index (κ2) is 6.51. The highest BCUT2D eigenvalue weighted by atomic mass is 19.3. The summed E-state index contributed by atoms with van der Waals surface area (Å²) in [4.78, 5) is 23.6. The molecule has 0 saturated heterocycles. The predicted molar refractivity (Wildman–Crippen MR) is 69.1 cm³/mol. The first-order valence-electron chi connectivity index (χ1n) is 6.52. The van der Waals surface area contributed by atoms with Crippen LogP contribution in [0.3, 0.4) is 0 Å². The van der Waals surface area contributed by atoms with Gasteiger partial charge in [0.15, 0.2) is 6.10 Å². The molecule has 114 valence electrons. The van der Waals surface area contributed by atoms with Crippen molar-refractivity contribution >= 4 is 11.9 Å². The van der Waals surface area contributed by atoms with Crippen LogP contribution in [-0.2, 0) is 9.53 Å². The van der Waals surface area contributed by atoms with Crippen LogP contribution in [0.4, 0.5) is 8.78 Å². The van der Waals surface area contributed by atoms with Crippen molar-refractivity contribution in [2.45, 2.75) is 38.5 Å². The van der Waals surface area contributed by atoms with Crippen molar-refractivity contribution in [3.63, 3.8) is 0 Å². The van der Waals surface area contributed by atoms with Gasteiger partial charge < -0.3 is 14.8 Å². The van der Waals surface area contributed by atoms with E-state index in [1.54, 1.807) is 0 Å². The zero-order chi connectivity index (χ0) is 15.4. The van der Waals surface area contributed by atoms with Crippen LogP contribution in [0.5, 0.6) is 5.75 Å². The number of rotatable bonds is 6. The van der Waals surface area contributed by atoms with Gasteiger partial charge in [0.2, 0.25) is 0 Å². The van der Waals surface area contributed by atoms with Crippen molar-refractivity contribution in [3.8, 4) is 5.75 Å². The van der Waals surface area contributed by atoms with Crippen LogP contribution in [0.25, 0.3) is 0 Å². The average Bonchev–Trinajstić information content (AvgIpc) is 3.22. The van der Waals surface area contributed by atoms with E-state index >= 15 is 0 Å². The van der Waals surface area contributed by atoms with Gasteiger partial charge in [-0.15, -0.1) is 0 Å². The molecule has 1 saturated carbocycles. The van der Waals surface area contributed by atoms with Crippen LogP contribution < -0.4 is 10.1 Å². The number of hydrogen-bond donors (Lipinski definition) is 1. The van der Waals surface area contributed by atoms with E-state index in [-0.39, 0.29) is 17.4 Å². The molecule has 1 amide bonds. The Kier molecular flexibility index (Phi) is 4.72. The molecule has 7 heteroatoms. The van der Waals surface area contributed by atoms with Gasteiger partial charge in [-0.3, -0.25) is 4.79 Å². The maximum Gasteiger partial charge on any atom is 0.387 e. The summed E-state index contributed by atoms with van der Waals surface area (Å²) in [5, 5.41) is 2.69. The Balaban J connectivity index is 2.00. The van der Waals surface area contributed by atoms with Gasteiger partial charge in [-0.1, -0.05) is 12.1 Å². The molecule has 1 aromatic rings. The number of amides is 1. The van der Waals surface area contributed by atoms with E-state index in [9.17, 15) is 18.4 Å². The normalized spacial score (nSPS) is 15.4. The Morgan fingerprint density at radius 1 is 1.29 bits per heavy atom. The van der Waals surface area contributed by atoms with Crippen LogP contribution in [0.1, 0.15) is 30.1 Å². The Morgan fingerprint density at radius 2 is 1.95 bits per heavy atom. The molecule has 1 aromatic carbocycles. The smallest absolute Gasteiger partial charge is 0.387 e.